The Labute approximate surface area is 115 Å². The SMILES string of the molecule is Cc1cccc(CNc2ccc(N)cc2C(F)(F)F)c1. The number of nitrogens with one attached hydrogen (secondary N) is 1. The molecule has 0 aliphatic heterocycles. The molecule has 0 aromatic heterocycles. The summed E-state index contributed by atoms with van der Waals surface area (Å²) in [5, 5.41) is 2.81. The average molecular weight is 280 g/mol. The van der Waals surface area contributed by atoms with Gasteiger partial charge in [0.25, 0.3) is 0 Å². The van der Waals surface area contributed by atoms with E-state index in [2.05, 4.69) is 5.32 Å². The van der Waals surface area contributed by atoms with Crippen molar-refractivity contribution in [2.45, 2.75) is 19.6 Å². The summed E-state index contributed by atoms with van der Waals surface area (Å²) >= 11 is 0. The van der Waals surface area contributed by atoms with Crippen molar-refractivity contribution >= 4 is 11.4 Å². The van der Waals surface area contributed by atoms with Gasteiger partial charge in [0, 0.05) is 17.9 Å². The molecule has 0 heterocycles. The molecule has 0 radical (unpaired) electrons. The van der Waals surface area contributed by atoms with Gasteiger partial charge in [-0.05, 0) is 30.7 Å². The molecule has 5 heteroatoms. The first-order valence-corrected chi connectivity index (χ1v) is 6.12. The molecule has 0 fully saturated rings. The molecule has 2 rings (SSSR count). The smallest absolute Gasteiger partial charge is 0.399 e. The number of anilines is 2. The molecule has 0 spiro atoms. The molecule has 0 saturated carbocycles. The fraction of sp³-hybridized carbons (Fsp3) is 0.200. The predicted molar refractivity (Wildman–Crippen MR) is 74.4 cm³/mol. The van der Waals surface area contributed by atoms with Gasteiger partial charge >= 0.3 is 6.18 Å². The Kier molecular flexibility index (Phi) is 3.88. The highest BCUT2D eigenvalue weighted by atomic mass is 19.4. The average Bonchev–Trinajstić information content (AvgIpc) is 2.36. The largest absolute Gasteiger partial charge is 0.418 e. The summed E-state index contributed by atoms with van der Waals surface area (Å²) in [6.07, 6.45) is -4.43. The molecule has 106 valence electrons. The summed E-state index contributed by atoms with van der Waals surface area (Å²) in [4.78, 5) is 0. The lowest BCUT2D eigenvalue weighted by atomic mass is 10.1. The van der Waals surface area contributed by atoms with Crippen molar-refractivity contribution in [1.29, 1.82) is 0 Å². The lowest BCUT2D eigenvalue weighted by Crippen LogP contribution is -2.11. The third-order valence-electron chi connectivity index (χ3n) is 2.91. The van der Waals surface area contributed by atoms with Crippen LogP contribution in [0.3, 0.4) is 0 Å². The van der Waals surface area contributed by atoms with Crippen LogP contribution >= 0.6 is 0 Å². The Morgan fingerprint density at radius 3 is 2.50 bits per heavy atom. The van der Waals surface area contributed by atoms with Crippen molar-refractivity contribution in [3.8, 4) is 0 Å². The molecule has 3 N–H and O–H groups in total. The van der Waals surface area contributed by atoms with E-state index in [-0.39, 0.29) is 11.4 Å². The van der Waals surface area contributed by atoms with Gasteiger partial charge in [-0.1, -0.05) is 29.8 Å². The normalized spacial score (nSPS) is 11.4. The number of alkyl halides is 3. The van der Waals surface area contributed by atoms with E-state index in [4.69, 9.17) is 5.73 Å². The molecule has 2 aromatic rings. The maximum Gasteiger partial charge on any atom is 0.418 e. The fourth-order valence-corrected chi connectivity index (χ4v) is 1.97. The van der Waals surface area contributed by atoms with Crippen LogP contribution in [0.15, 0.2) is 42.5 Å². The lowest BCUT2D eigenvalue weighted by Gasteiger charge is -2.15. The van der Waals surface area contributed by atoms with E-state index in [1.54, 1.807) is 0 Å². The van der Waals surface area contributed by atoms with E-state index < -0.39 is 11.7 Å². The first kappa shape index (κ1) is 14.2. The number of hydrogen-bond acceptors (Lipinski definition) is 2. The van der Waals surface area contributed by atoms with Gasteiger partial charge in [-0.25, -0.2) is 0 Å². The number of halogens is 3. The standard InChI is InChI=1S/C15H15F3N2/c1-10-3-2-4-11(7-10)9-20-14-6-5-12(19)8-13(14)15(16,17)18/h2-8,20H,9,19H2,1H3. The van der Waals surface area contributed by atoms with Gasteiger partial charge in [0.15, 0.2) is 0 Å². The monoisotopic (exact) mass is 280 g/mol. The Hall–Kier alpha value is -2.17. The van der Waals surface area contributed by atoms with Crippen LogP contribution < -0.4 is 11.1 Å². The predicted octanol–water partition coefficient (Wildman–Crippen LogP) is 4.21. The number of nitrogens with two attached hydrogens (primary N) is 1. The first-order valence-electron chi connectivity index (χ1n) is 6.12. The molecule has 2 aromatic carbocycles. The molecule has 0 saturated heterocycles. The first-order chi connectivity index (χ1) is 9.36. The second-order valence-corrected chi connectivity index (χ2v) is 4.65. The highest BCUT2D eigenvalue weighted by Gasteiger charge is 2.33. The number of nitrogen functional groups attached to an aromatic ring is 1. The van der Waals surface area contributed by atoms with E-state index in [0.29, 0.717) is 6.54 Å². The number of benzene rings is 2. The highest BCUT2D eigenvalue weighted by Crippen LogP contribution is 2.36. The Bertz CT molecular complexity index is 606. The number of hydrogen-bond donors (Lipinski definition) is 2. The summed E-state index contributed by atoms with van der Waals surface area (Å²) in [7, 11) is 0. The minimum atomic E-state index is -4.43. The lowest BCUT2D eigenvalue weighted by molar-refractivity contribution is -0.136. The molecule has 2 nitrogen and oxygen atoms in total. The quantitative estimate of drug-likeness (QED) is 0.827. The van der Waals surface area contributed by atoms with Crippen LogP contribution in [-0.4, -0.2) is 0 Å². The summed E-state index contributed by atoms with van der Waals surface area (Å²) in [6, 6.07) is 11.4. The van der Waals surface area contributed by atoms with Gasteiger partial charge in [-0.3, -0.25) is 0 Å². The molecular weight excluding hydrogens is 265 g/mol. The van der Waals surface area contributed by atoms with Crippen molar-refractivity contribution in [2.24, 2.45) is 0 Å². The minimum Gasteiger partial charge on any atom is -0.399 e. The molecule has 0 atom stereocenters. The molecule has 20 heavy (non-hydrogen) atoms. The van der Waals surface area contributed by atoms with Crippen LogP contribution in [-0.2, 0) is 12.7 Å². The Morgan fingerprint density at radius 1 is 1.10 bits per heavy atom. The van der Waals surface area contributed by atoms with Crippen LogP contribution in [0, 0.1) is 6.92 Å². The van der Waals surface area contributed by atoms with Crippen molar-refractivity contribution < 1.29 is 13.2 Å². The maximum atomic E-state index is 12.9. The van der Waals surface area contributed by atoms with E-state index in [9.17, 15) is 13.2 Å². The van der Waals surface area contributed by atoms with Crippen molar-refractivity contribution in [3.63, 3.8) is 0 Å². The van der Waals surface area contributed by atoms with Gasteiger partial charge in [0.05, 0.1) is 5.56 Å². The zero-order chi connectivity index (χ0) is 14.8. The maximum absolute atomic E-state index is 12.9. The van der Waals surface area contributed by atoms with Crippen LogP contribution in [0.1, 0.15) is 16.7 Å². The third kappa shape index (κ3) is 3.44. The molecule has 0 amide bonds. The van der Waals surface area contributed by atoms with Gasteiger partial charge < -0.3 is 11.1 Å². The highest BCUT2D eigenvalue weighted by molar-refractivity contribution is 5.59. The Morgan fingerprint density at radius 2 is 1.85 bits per heavy atom. The minimum absolute atomic E-state index is 0.0354. The summed E-state index contributed by atoms with van der Waals surface area (Å²) < 4.78 is 38.8. The van der Waals surface area contributed by atoms with E-state index >= 15 is 0 Å². The van der Waals surface area contributed by atoms with Crippen LogP contribution in [0.4, 0.5) is 24.5 Å². The second-order valence-electron chi connectivity index (χ2n) is 4.65. The topological polar surface area (TPSA) is 38.0 Å². The fourth-order valence-electron chi connectivity index (χ4n) is 1.97. The van der Waals surface area contributed by atoms with Crippen molar-refractivity contribution in [2.75, 3.05) is 11.1 Å². The second kappa shape index (κ2) is 5.45. The van der Waals surface area contributed by atoms with E-state index in [1.807, 2.05) is 31.2 Å². The van der Waals surface area contributed by atoms with Crippen molar-refractivity contribution in [3.05, 3.63) is 59.2 Å². The van der Waals surface area contributed by atoms with Gasteiger partial charge in [-0.2, -0.15) is 13.2 Å². The molecular formula is C15H15F3N2. The molecule has 0 aliphatic carbocycles. The van der Waals surface area contributed by atoms with Crippen molar-refractivity contribution in [1.82, 2.24) is 0 Å². The van der Waals surface area contributed by atoms with E-state index in [1.165, 1.54) is 12.1 Å². The van der Waals surface area contributed by atoms with Gasteiger partial charge in [-0.15, -0.1) is 0 Å². The zero-order valence-electron chi connectivity index (χ0n) is 11.0. The molecule has 0 aliphatic rings. The number of aryl methyl sites for hydroxylation is 1. The zero-order valence-corrected chi connectivity index (χ0v) is 11.0. The summed E-state index contributed by atoms with van der Waals surface area (Å²) in [5.74, 6) is 0. The van der Waals surface area contributed by atoms with Gasteiger partial charge in [0.2, 0.25) is 0 Å². The molecule has 0 bridgehead atoms. The van der Waals surface area contributed by atoms with Crippen LogP contribution in [0.5, 0.6) is 0 Å². The van der Waals surface area contributed by atoms with E-state index in [0.717, 1.165) is 17.2 Å². The number of rotatable bonds is 3. The van der Waals surface area contributed by atoms with Crippen LogP contribution in [0.2, 0.25) is 0 Å². The summed E-state index contributed by atoms with van der Waals surface area (Å²) in [5.41, 5.74) is 6.80. The van der Waals surface area contributed by atoms with Gasteiger partial charge in [0.1, 0.15) is 0 Å². The third-order valence-corrected chi connectivity index (χ3v) is 2.91. The summed E-state index contributed by atoms with van der Waals surface area (Å²) in [6.45, 7) is 2.27. The Balaban J connectivity index is 2.21. The molecule has 0 unspecified atom stereocenters. The van der Waals surface area contributed by atoms with Crippen LogP contribution in [0.25, 0.3) is 0 Å².